The number of carbonyl (C=O) groups is 1. The van der Waals surface area contributed by atoms with E-state index in [9.17, 15) is 10.1 Å². The highest BCUT2D eigenvalue weighted by molar-refractivity contribution is 6.42. The first-order valence-electron chi connectivity index (χ1n) is 7.54. The van der Waals surface area contributed by atoms with Crippen LogP contribution in [-0.2, 0) is 4.74 Å². The van der Waals surface area contributed by atoms with E-state index in [0.29, 0.717) is 28.7 Å². The van der Waals surface area contributed by atoms with Crippen molar-refractivity contribution in [3.63, 3.8) is 0 Å². The monoisotopic (exact) mass is 371 g/mol. The first-order chi connectivity index (χ1) is 11.0. The maximum absolute atomic E-state index is 12.6. The Kier molecular flexibility index (Phi) is 7.34. The molecule has 1 unspecified atom stereocenters. The average Bonchev–Trinajstić information content (AvgIpc) is 2.44. The second-order valence-corrected chi connectivity index (χ2v) is 7.50. The maximum atomic E-state index is 12.6. The maximum Gasteiger partial charge on any atom is 0.411 e. The van der Waals surface area contributed by atoms with Crippen LogP contribution >= 0.6 is 23.2 Å². The van der Waals surface area contributed by atoms with Crippen molar-refractivity contribution in [3.8, 4) is 6.07 Å². The van der Waals surface area contributed by atoms with Gasteiger partial charge in [-0.15, -0.1) is 0 Å². The summed E-state index contributed by atoms with van der Waals surface area (Å²) in [5.74, 6) is 0. The van der Waals surface area contributed by atoms with Crippen LogP contribution in [0, 0.1) is 11.3 Å². The number of amides is 1. The lowest BCUT2D eigenvalue weighted by atomic mass is 10.1. The van der Waals surface area contributed by atoms with Gasteiger partial charge in [-0.25, -0.2) is 4.79 Å². The quantitative estimate of drug-likeness (QED) is 0.771. The Balaban J connectivity index is 3.15. The summed E-state index contributed by atoms with van der Waals surface area (Å²) in [5.41, 5.74) is -0.0537. The molecule has 0 saturated heterocycles. The lowest BCUT2D eigenvalue weighted by Gasteiger charge is -2.31. The van der Waals surface area contributed by atoms with Crippen molar-refractivity contribution in [2.24, 2.45) is 0 Å². The van der Waals surface area contributed by atoms with Gasteiger partial charge in [-0.2, -0.15) is 5.26 Å². The fourth-order valence-electron chi connectivity index (χ4n) is 1.96. The van der Waals surface area contributed by atoms with Gasteiger partial charge in [-0.1, -0.05) is 29.3 Å². The molecule has 0 aliphatic heterocycles. The molecule has 1 aromatic carbocycles. The molecule has 0 N–H and O–H groups in total. The van der Waals surface area contributed by atoms with Crippen molar-refractivity contribution in [3.05, 3.63) is 33.8 Å². The lowest BCUT2D eigenvalue weighted by molar-refractivity contribution is 0.0191. The van der Waals surface area contributed by atoms with E-state index >= 15 is 0 Å². The molecular formula is C17H23Cl2N3O2. The van der Waals surface area contributed by atoms with Crippen LogP contribution in [0.2, 0.25) is 10.0 Å². The number of nitriles is 1. The molecule has 0 aliphatic carbocycles. The Morgan fingerprint density at radius 1 is 1.25 bits per heavy atom. The van der Waals surface area contributed by atoms with Gasteiger partial charge < -0.3 is 9.64 Å². The van der Waals surface area contributed by atoms with Crippen LogP contribution in [0.3, 0.4) is 0 Å². The molecule has 0 bridgehead atoms. The van der Waals surface area contributed by atoms with Crippen molar-refractivity contribution in [2.75, 3.05) is 27.2 Å². The zero-order chi connectivity index (χ0) is 18.5. The summed E-state index contributed by atoms with van der Waals surface area (Å²) in [6, 6.07) is 6.26. The summed E-state index contributed by atoms with van der Waals surface area (Å²) in [5, 5.41) is 10.4. The second-order valence-electron chi connectivity index (χ2n) is 6.68. The molecule has 1 rings (SSSR count). The van der Waals surface area contributed by atoms with Crippen LogP contribution in [0.4, 0.5) is 4.79 Å². The van der Waals surface area contributed by atoms with E-state index in [1.54, 1.807) is 39.0 Å². The molecule has 0 heterocycles. The zero-order valence-corrected chi connectivity index (χ0v) is 16.1. The van der Waals surface area contributed by atoms with Crippen molar-refractivity contribution < 1.29 is 9.53 Å². The van der Waals surface area contributed by atoms with E-state index in [1.807, 2.05) is 19.0 Å². The minimum Gasteiger partial charge on any atom is -0.444 e. The molecular weight excluding hydrogens is 349 g/mol. The van der Waals surface area contributed by atoms with Crippen LogP contribution in [0.5, 0.6) is 0 Å². The fourth-order valence-corrected chi connectivity index (χ4v) is 2.27. The zero-order valence-electron chi connectivity index (χ0n) is 14.6. The molecule has 132 valence electrons. The molecule has 0 fully saturated rings. The van der Waals surface area contributed by atoms with Gasteiger partial charge >= 0.3 is 6.09 Å². The summed E-state index contributed by atoms with van der Waals surface area (Å²) in [7, 11) is 3.79. The number of hydrogen-bond donors (Lipinski definition) is 0. The van der Waals surface area contributed by atoms with E-state index < -0.39 is 17.7 Å². The van der Waals surface area contributed by atoms with Crippen LogP contribution in [0.25, 0.3) is 0 Å². The predicted molar refractivity (Wildman–Crippen MR) is 96.3 cm³/mol. The van der Waals surface area contributed by atoms with Crippen molar-refractivity contribution in [1.82, 2.24) is 9.80 Å². The second kappa shape index (κ2) is 8.57. The number of hydrogen-bond acceptors (Lipinski definition) is 4. The van der Waals surface area contributed by atoms with Crippen LogP contribution in [0.1, 0.15) is 32.4 Å². The summed E-state index contributed by atoms with van der Waals surface area (Å²) >= 11 is 12.0. The molecule has 0 spiro atoms. The number of nitrogens with zero attached hydrogens (tertiary/aromatic N) is 3. The first-order valence-corrected chi connectivity index (χ1v) is 8.29. The van der Waals surface area contributed by atoms with Gasteiger partial charge in [0.05, 0.1) is 16.1 Å². The molecule has 7 heteroatoms. The molecule has 0 aliphatic rings. The Morgan fingerprint density at radius 2 is 1.88 bits per heavy atom. The van der Waals surface area contributed by atoms with Gasteiger partial charge in [0, 0.05) is 13.1 Å². The normalized spacial score (nSPS) is 12.6. The van der Waals surface area contributed by atoms with Crippen molar-refractivity contribution in [1.29, 1.82) is 5.26 Å². The molecule has 1 aromatic rings. The fraction of sp³-hybridized carbons (Fsp3) is 0.529. The average molecular weight is 372 g/mol. The van der Waals surface area contributed by atoms with Crippen LogP contribution in [-0.4, -0.2) is 48.7 Å². The SMILES string of the molecule is CN(C)CCN(C(=O)OC(C)(C)C)C(C#N)c1ccc(Cl)c(Cl)c1. The number of halogens is 2. The van der Waals surface area contributed by atoms with Gasteiger partial charge in [0.25, 0.3) is 0 Å². The largest absolute Gasteiger partial charge is 0.444 e. The van der Waals surface area contributed by atoms with Crippen molar-refractivity contribution in [2.45, 2.75) is 32.4 Å². The standard InChI is InChI=1S/C17H23Cl2N3O2/c1-17(2,3)24-16(23)22(9-8-21(4)5)15(11-20)12-6-7-13(18)14(19)10-12/h6-7,10,15H,8-9H2,1-5H3. The number of ether oxygens (including phenoxy) is 1. The van der Waals surface area contributed by atoms with Gasteiger partial charge in [-0.3, -0.25) is 4.90 Å². The van der Waals surface area contributed by atoms with E-state index in [1.165, 1.54) is 4.90 Å². The number of carbonyl (C=O) groups excluding carboxylic acids is 1. The van der Waals surface area contributed by atoms with E-state index in [-0.39, 0.29) is 0 Å². The first kappa shape index (κ1) is 20.6. The molecule has 5 nitrogen and oxygen atoms in total. The number of likely N-dealkylation sites (N-methyl/N-ethyl adjacent to an activating group) is 1. The van der Waals surface area contributed by atoms with Gasteiger partial charge in [0.1, 0.15) is 11.6 Å². The Labute approximate surface area is 153 Å². The Morgan fingerprint density at radius 3 is 2.33 bits per heavy atom. The van der Waals surface area contributed by atoms with Crippen LogP contribution < -0.4 is 0 Å². The summed E-state index contributed by atoms with van der Waals surface area (Å²) in [6.07, 6.45) is -0.540. The van der Waals surface area contributed by atoms with Crippen LogP contribution in [0.15, 0.2) is 18.2 Å². The summed E-state index contributed by atoms with van der Waals surface area (Å²) < 4.78 is 5.45. The predicted octanol–water partition coefficient (Wildman–Crippen LogP) is 4.36. The molecule has 24 heavy (non-hydrogen) atoms. The molecule has 1 amide bonds. The lowest BCUT2D eigenvalue weighted by Crippen LogP contribution is -2.42. The molecule has 1 atom stereocenters. The van der Waals surface area contributed by atoms with E-state index in [4.69, 9.17) is 27.9 Å². The Hall–Kier alpha value is -1.48. The van der Waals surface area contributed by atoms with Crippen molar-refractivity contribution >= 4 is 29.3 Å². The van der Waals surface area contributed by atoms with Gasteiger partial charge in [0.15, 0.2) is 0 Å². The molecule has 0 saturated carbocycles. The number of rotatable bonds is 5. The van der Waals surface area contributed by atoms with E-state index in [2.05, 4.69) is 6.07 Å². The molecule has 0 radical (unpaired) electrons. The van der Waals surface area contributed by atoms with Gasteiger partial charge in [-0.05, 0) is 52.6 Å². The molecule has 0 aromatic heterocycles. The highest BCUT2D eigenvalue weighted by Gasteiger charge is 2.29. The third-order valence-electron chi connectivity index (χ3n) is 3.11. The third kappa shape index (κ3) is 6.20. The van der Waals surface area contributed by atoms with E-state index in [0.717, 1.165) is 0 Å². The highest BCUT2D eigenvalue weighted by atomic mass is 35.5. The third-order valence-corrected chi connectivity index (χ3v) is 3.85. The minimum atomic E-state index is -0.811. The summed E-state index contributed by atoms with van der Waals surface area (Å²) in [6.45, 7) is 6.31. The summed E-state index contributed by atoms with van der Waals surface area (Å²) in [4.78, 5) is 15.9. The minimum absolute atomic E-state index is 0.339. The number of benzene rings is 1. The highest BCUT2D eigenvalue weighted by Crippen LogP contribution is 2.29. The van der Waals surface area contributed by atoms with Gasteiger partial charge in [0.2, 0.25) is 0 Å². The topological polar surface area (TPSA) is 56.6 Å². The smallest absolute Gasteiger partial charge is 0.411 e. The Bertz CT molecular complexity index is 621.